The van der Waals surface area contributed by atoms with Crippen molar-refractivity contribution >= 4 is 31.9 Å². The standard InChI is InChI=1S/C17H18BrN3O4S/c18-14-5-1-2-6-15(14)26(24,25)21-11-9-19(10-12-21)17(23)13-20-8-4-3-7-16(20)22/h1-8H,9-13H2. The summed E-state index contributed by atoms with van der Waals surface area (Å²) in [6.07, 6.45) is 1.56. The number of benzene rings is 1. The number of halogens is 1. The van der Waals surface area contributed by atoms with Crippen LogP contribution in [-0.4, -0.2) is 54.3 Å². The van der Waals surface area contributed by atoms with E-state index >= 15 is 0 Å². The molecule has 0 aliphatic carbocycles. The number of piperazine rings is 1. The number of nitrogens with zero attached hydrogens (tertiary/aromatic N) is 3. The molecule has 1 aromatic carbocycles. The van der Waals surface area contributed by atoms with Gasteiger partial charge in [-0.05, 0) is 34.1 Å². The minimum Gasteiger partial charge on any atom is -0.339 e. The summed E-state index contributed by atoms with van der Waals surface area (Å²) in [7, 11) is -3.61. The molecule has 1 fully saturated rings. The molecule has 1 amide bonds. The summed E-state index contributed by atoms with van der Waals surface area (Å²) in [6, 6.07) is 11.4. The van der Waals surface area contributed by atoms with Crippen LogP contribution in [0.5, 0.6) is 0 Å². The van der Waals surface area contributed by atoms with Crippen molar-refractivity contribution in [1.29, 1.82) is 0 Å². The number of hydrogen-bond donors (Lipinski definition) is 0. The highest BCUT2D eigenvalue weighted by atomic mass is 79.9. The minimum atomic E-state index is -3.61. The van der Waals surface area contributed by atoms with Gasteiger partial charge in [0.15, 0.2) is 0 Å². The molecule has 7 nitrogen and oxygen atoms in total. The summed E-state index contributed by atoms with van der Waals surface area (Å²) in [4.78, 5) is 25.9. The van der Waals surface area contributed by atoms with Crippen molar-refractivity contribution in [1.82, 2.24) is 13.8 Å². The average Bonchev–Trinajstić information content (AvgIpc) is 2.64. The largest absolute Gasteiger partial charge is 0.339 e. The Hall–Kier alpha value is -1.97. The van der Waals surface area contributed by atoms with E-state index < -0.39 is 10.0 Å². The quantitative estimate of drug-likeness (QED) is 0.715. The van der Waals surface area contributed by atoms with E-state index in [2.05, 4.69) is 15.9 Å². The Bertz CT molecular complexity index is 966. The maximum atomic E-state index is 12.8. The van der Waals surface area contributed by atoms with Crippen LogP contribution in [0, 0.1) is 0 Å². The van der Waals surface area contributed by atoms with Crippen LogP contribution in [0.1, 0.15) is 0 Å². The highest BCUT2D eigenvalue weighted by Gasteiger charge is 2.31. The fraction of sp³-hybridized carbons (Fsp3) is 0.294. The molecule has 1 aliphatic rings. The normalized spacial score (nSPS) is 15.8. The molecule has 1 aliphatic heterocycles. The molecule has 0 spiro atoms. The first-order valence-electron chi connectivity index (χ1n) is 8.07. The predicted molar refractivity (Wildman–Crippen MR) is 100 cm³/mol. The van der Waals surface area contributed by atoms with Gasteiger partial charge in [-0.25, -0.2) is 8.42 Å². The molecule has 0 unspecified atom stereocenters. The zero-order chi connectivity index (χ0) is 18.7. The molecule has 138 valence electrons. The Kier molecular flexibility index (Phi) is 5.59. The molecule has 0 N–H and O–H groups in total. The van der Waals surface area contributed by atoms with Gasteiger partial charge in [0.05, 0.1) is 4.90 Å². The fourth-order valence-electron chi connectivity index (χ4n) is 2.81. The van der Waals surface area contributed by atoms with E-state index in [-0.39, 0.29) is 36.0 Å². The predicted octanol–water partition coefficient (Wildman–Crippen LogP) is 1.14. The molecular weight excluding hydrogens is 422 g/mol. The highest BCUT2D eigenvalue weighted by molar-refractivity contribution is 9.10. The van der Waals surface area contributed by atoms with Crippen molar-refractivity contribution in [3.05, 3.63) is 63.5 Å². The maximum absolute atomic E-state index is 12.8. The summed E-state index contributed by atoms with van der Waals surface area (Å²) in [5, 5.41) is 0. The van der Waals surface area contributed by atoms with Crippen molar-refractivity contribution in [3.8, 4) is 0 Å². The summed E-state index contributed by atoms with van der Waals surface area (Å²) in [6.45, 7) is 0.989. The summed E-state index contributed by atoms with van der Waals surface area (Å²) >= 11 is 3.27. The van der Waals surface area contributed by atoms with Crippen LogP contribution < -0.4 is 5.56 Å². The third-order valence-electron chi connectivity index (χ3n) is 4.25. The van der Waals surface area contributed by atoms with Crippen molar-refractivity contribution in [2.45, 2.75) is 11.4 Å². The molecular formula is C17H18BrN3O4S. The first-order chi connectivity index (χ1) is 12.4. The van der Waals surface area contributed by atoms with Crippen LogP contribution in [-0.2, 0) is 21.4 Å². The van der Waals surface area contributed by atoms with Crippen LogP contribution in [0.15, 0.2) is 62.8 Å². The lowest BCUT2D eigenvalue weighted by Crippen LogP contribution is -2.51. The first kappa shape index (κ1) is 18.8. The molecule has 26 heavy (non-hydrogen) atoms. The van der Waals surface area contributed by atoms with E-state index in [0.717, 1.165) is 0 Å². The number of carbonyl (C=O) groups is 1. The number of pyridine rings is 1. The number of amides is 1. The molecule has 9 heteroatoms. The lowest BCUT2D eigenvalue weighted by Gasteiger charge is -2.34. The zero-order valence-corrected chi connectivity index (χ0v) is 16.3. The fourth-order valence-corrected chi connectivity index (χ4v) is 5.19. The van der Waals surface area contributed by atoms with Crippen molar-refractivity contribution in [3.63, 3.8) is 0 Å². The molecule has 3 rings (SSSR count). The van der Waals surface area contributed by atoms with Crippen LogP contribution in [0.25, 0.3) is 0 Å². The Morgan fingerprint density at radius 2 is 1.65 bits per heavy atom. The molecule has 1 saturated heterocycles. The van der Waals surface area contributed by atoms with Gasteiger partial charge in [-0.2, -0.15) is 4.31 Å². The SMILES string of the molecule is O=C(Cn1ccccc1=O)N1CCN(S(=O)(=O)c2ccccc2Br)CC1. The molecule has 0 radical (unpaired) electrons. The van der Waals surface area contributed by atoms with Crippen LogP contribution >= 0.6 is 15.9 Å². The van der Waals surface area contributed by atoms with Gasteiger partial charge < -0.3 is 9.47 Å². The molecule has 1 aromatic heterocycles. The Balaban J connectivity index is 1.66. The monoisotopic (exact) mass is 439 g/mol. The third kappa shape index (κ3) is 3.89. The van der Waals surface area contributed by atoms with Crippen LogP contribution in [0.2, 0.25) is 0 Å². The zero-order valence-electron chi connectivity index (χ0n) is 13.9. The van der Waals surface area contributed by atoms with E-state index in [4.69, 9.17) is 0 Å². The molecule has 0 bridgehead atoms. The Morgan fingerprint density at radius 3 is 2.31 bits per heavy atom. The van der Waals surface area contributed by atoms with Gasteiger partial charge in [-0.15, -0.1) is 0 Å². The third-order valence-corrected chi connectivity index (χ3v) is 7.16. The van der Waals surface area contributed by atoms with Crippen LogP contribution in [0.3, 0.4) is 0 Å². The average molecular weight is 440 g/mol. The van der Waals surface area contributed by atoms with Crippen LogP contribution in [0.4, 0.5) is 0 Å². The molecule has 0 saturated carbocycles. The van der Waals surface area contributed by atoms with Crippen molar-refractivity contribution in [2.24, 2.45) is 0 Å². The number of sulfonamides is 1. The van der Waals surface area contributed by atoms with Gasteiger partial charge >= 0.3 is 0 Å². The number of hydrogen-bond acceptors (Lipinski definition) is 4. The number of carbonyl (C=O) groups excluding carboxylic acids is 1. The van der Waals surface area contributed by atoms with Crippen molar-refractivity contribution in [2.75, 3.05) is 26.2 Å². The molecule has 2 heterocycles. The van der Waals surface area contributed by atoms with Gasteiger partial charge in [0.2, 0.25) is 15.9 Å². The maximum Gasteiger partial charge on any atom is 0.250 e. The van der Waals surface area contributed by atoms with Gasteiger partial charge in [-0.1, -0.05) is 18.2 Å². The van der Waals surface area contributed by atoms with Crippen molar-refractivity contribution < 1.29 is 13.2 Å². The van der Waals surface area contributed by atoms with Gasteiger partial charge in [0, 0.05) is 42.9 Å². The lowest BCUT2D eigenvalue weighted by molar-refractivity contribution is -0.133. The highest BCUT2D eigenvalue weighted by Crippen LogP contribution is 2.25. The Morgan fingerprint density at radius 1 is 1.00 bits per heavy atom. The number of rotatable bonds is 4. The van der Waals surface area contributed by atoms with E-state index in [0.29, 0.717) is 17.6 Å². The minimum absolute atomic E-state index is 0.0450. The summed E-state index contributed by atoms with van der Waals surface area (Å²) in [5.74, 6) is -0.198. The first-order valence-corrected chi connectivity index (χ1v) is 10.3. The summed E-state index contributed by atoms with van der Waals surface area (Å²) in [5.41, 5.74) is -0.240. The van der Waals surface area contributed by atoms with E-state index in [1.54, 1.807) is 47.5 Å². The second-order valence-corrected chi connectivity index (χ2v) is 8.64. The second kappa shape index (κ2) is 7.73. The van der Waals surface area contributed by atoms with E-state index in [1.165, 1.54) is 14.9 Å². The van der Waals surface area contributed by atoms with E-state index in [9.17, 15) is 18.0 Å². The molecule has 0 atom stereocenters. The topological polar surface area (TPSA) is 79.7 Å². The Labute approximate surface area is 160 Å². The molecule has 2 aromatic rings. The van der Waals surface area contributed by atoms with Gasteiger partial charge in [-0.3, -0.25) is 9.59 Å². The van der Waals surface area contributed by atoms with Gasteiger partial charge in [0.1, 0.15) is 6.54 Å². The lowest BCUT2D eigenvalue weighted by atomic mass is 10.3. The second-order valence-electron chi connectivity index (χ2n) is 5.88. The number of aromatic nitrogens is 1. The summed E-state index contributed by atoms with van der Waals surface area (Å²) < 4.78 is 28.8. The smallest absolute Gasteiger partial charge is 0.250 e. The van der Waals surface area contributed by atoms with Gasteiger partial charge in [0.25, 0.3) is 5.56 Å². The van der Waals surface area contributed by atoms with E-state index in [1.807, 2.05) is 0 Å².